The Morgan fingerprint density at radius 1 is 1.35 bits per heavy atom. The van der Waals surface area contributed by atoms with Crippen molar-refractivity contribution in [2.45, 2.75) is 12.3 Å². The summed E-state index contributed by atoms with van der Waals surface area (Å²) in [4.78, 5) is -0.0547. The highest BCUT2D eigenvalue weighted by Crippen LogP contribution is 2.25. The highest BCUT2D eigenvalue weighted by atomic mass is 32.1. The minimum absolute atomic E-state index is 0.0414. The largest absolute Gasteiger partial charge is 0.486 e. The first kappa shape index (κ1) is 13.7. The molecule has 0 bridgehead atoms. The van der Waals surface area contributed by atoms with Gasteiger partial charge in [0.15, 0.2) is 6.61 Å². The van der Waals surface area contributed by atoms with Crippen LogP contribution in [0.3, 0.4) is 0 Å². The van der Waals surface area contributed by atoms with Crippen molar-refractivity contribution in [3.63, 3.8) is 0 Å². The van der Waals surface area contributed by atoms with Crippen molar-refractivity contribution in [3.8, 4) is 5.75 Å². The SMILES string of the molecule is NC(=S)c1ccccc1OCC(F)(F)C(F)F. The molecule has 0 saturated heterocycles. The lowest BCUT2D eigenvalue weighted by atomic mass is 10.2. The van der Waals surface area contributed by atoms with Gasteiger partial charge in [-0.3, -0.25) is 0 Å². The minimum Gasteiger partial charge on any atom is -0.486 e. The summed E-state index contributed by atoms with van der Waals surface area (Å²) in [6.45, 7) is -1.43. The molecule has 7 heteroatoms. The number of hydrogen-bond donors (Lipinski definition) is 1. The van der Waals surface area contributed by atoms with Gasteiger partial charge in [0.2, 0.25) is 0 Å². The van der Waals surface area contributed by atoms with Crippen LogP contribution < -0.4 is 10.5 Å². The normalized spacial score (nSPS) is 11.6. The second kappa shape index (κ2) is 5.31. The highest BCUT2D eigenvalue weighted by molar-refractivity contribution is 7.80. The van der Waals surface area contributed by atoms with E-state index in [9.17, 15) is 17.6 Å². The van der Waals surface area contributed by atoms with Gasteiger partial charge < -0.3 is 10.5 Å². The predicted octanol–water partition coefficient (Wildman–Crippen LogP) is 2.60. The second-order valence-corrected chi connectivity index (χ2v) is 3.65. The molecule has 0 spiro atoms. The lowest BCUT2D eigenvalue weighted by molar-refractivity contribution is -0.148. The van der Waals surface area contributed by atoms with Gasteiger partial charge in [-0.25, -0.2) is 8.78 Å². The number of para-hydroxylation sites is 1. The first-order valence-electron chi connectivity index (χ1n) is 4.52. The summed E-state index contributed by atoms with van der Waals surface area (Å²) in [6.07, 6.45) is -3.78. The number of alkyl halides is 4. The number of nitrogens with two attached hydrogens (primary N) is 1. The van der Waals surface area contributed by atoms with E-state index in [0.717, 1.165) is 0 Å². The van der Waals surface area contributed by atoms with Crippen molar-refractivity contribution in [3.05, 3.63) is 29.8 Å². The van der Waals surface area contributed by atoms with E-state index in [-0.39, 0.29) is 16.3 Å². The van der Waals surface area contributed by atoms with Crippen molar-refractivity contribution >= 4 is 17.2 Å². The molecule has 0 fully saturated rings. The van der Waals surface area contributed by atoms with Crippen molar-refractivity contribution in [1.82, 2.24) is 0 Å². The summed E-state index contributed by atoms with van der Waals surface area (Å²) in [7, 11) is 0. The van der Waals surface area contributed by atoms with Crippen molar-refractivity contribution < 1.29 is 22.3 Å². The van der Waals surface area contributed by atoms with Crippen LogP contribution in [-0.4, -0.2) is 23.9 Å². The van der Waals surface area contributed by atoms with Crippen molar-refractivity contribution in [1.29, 1.82) is 0 Å². The summed E-state index contributed by atoms with van der Waals surface area (Å²) in [6, 6.07) is 5.86. The molecule has 1 aromatic carbocycles. The third kappa shape index (κ3) is 3.55. The molecule has 0 amide bonds. The van der Waals surface area contributed by atoms with Crippen LogP contribution in [0.2, 0.25) is 0 Å². The Balaban J connectivity index is 2.79. The monoisotopic (exact) mass is 267 g/mol. The summed E-state index contributed by atoms with van der Waals surface area (Å²) >= 11 is 4.67. The van der Waals surface area contributed by atoms with E-state index >= 15 is 0 Å². The van der Waals surface area contributed by atoms with Gasteiger partial charge >= 0.3 is 12.3 Å². The number of halogens is 4. The van der Waals surface area contributed by atoms with Crippen LogP contribution >= 0.6 is 12.2 Å². The van der Waals surface area contributed by atoms with Gasteiger partial charge in [-0.15, -0.1) is 0 Å². The Morgan fingerprint density at radius 3 is 2.47 bits per heavy atom. The zero-order valence-electron chi connectivity index (χ0n) is 8.50. The fourth-order valence-corrected chi connectivity index (χ4v) is 1.20. The first-order chi connectivity index (χ1) is 7.84. The molecular formula is C10H9F4NOS. The third-order valence-corrected chi connectivity index (χ3v) is 2.11. The molecule has 0 aromatic heterocycles. The standard InChI is InChI=1S/C10H9F4NOS/c11-9(12)10(13,14)5-16-7-4-2-1-3-6(7)8(15)17/h1-4,9H,5H2,(H2,15,17). The molecule has 0 aliphatic heterocycles. The molecule has 1 aromatic rings. The van der Waals surface area contributed by atoms with Gasteiger partial charge in [-0.05, 0) is 12.1 Å². The average molecular weight is 267 g/mol. The number of thiocarbonyl (C=S) groups is 1. The zero-order chi connectivity index (χ0) is 13.1. The third-order valence-electron chi connectivity index (χ3n) is 1.89. The Kier molecular flexibility index (Phi) is 4.28. The van der Waals surface area contributed by atoms with Crippen LogP contribution in [0.15, 0.2) is 24.3 Å². The number of ether oxygens (including phenoxy) is 1. The first-order valence-corrected chi connectivity index (χ1v) is 4.93. The highest BCUT2D eigenvalue weighted by Gasteiger charge is 2.41. The molecule has 1 rings (SSSR count). The van der Waals surface area contributed by atoms with Gasteiger partial charge in [-0.2, -0.15) is 8.78 Å². The Labute approximate surface area is 100 Å². The molecule has 0 heterocycles. The molecule has 0 aliphatic carbocycles. The fourth-order valence-electron chi connectivity index (χ4n) is 1.03. The van der Waals surface area contributed by atoms with Crippen molar-refractivity contribution in [2.24, 2.45) is 5.73 Å². The maximum atomic E-state index is 12.6. The van der Waals surface area contributed by atoms with E-state index in [4.69, 9.17) is 5.73 Å². The maximum absolute atomic E-state index is 12.6. The van der Waals surface area contributed by atoms with Crippen LogP contribution in [0.5, 0.6) is 5.75 Å². The quantitative estimate of drug-likeness (QED) is 0.658. The number of rotatable bonds is 5. The van der Waals surface area contributed by atoms with E-state index in [1.54, 1.807) is 6.07 Å². The summed E-state index contributed by atoms with van der Waals surface area (Å²) in [5.41, 5.74) is 5.56. The summed E-state index contributed by atoms with van der Waals surface area (Å²) in [5, 5.41) is 0. The maximum Gasteiger partial charge on any atom is 0.340 e. The Morgan fingerprint density at radius 2 is 1.94 bits per heavy atom. The molecule has 0 aliphatic rings. The van der Waals surface area contributed by atoms with Gasteiger partial charge in [0.05, 0.1) is 5.56 Å². The summed E-state index contributed by atoms with van der Waals surface area (Å²) in [5.74, 6) is -4.25. The number of benzene rings is 1. The lowest BCUT2D eigenvalue weighted by Crippen LogP contribution is -2.34. The second-order valence-electron chi connectivity index (χ2n) is 3.21. The van der Waals surface area contributed by atoms with E-state index in [1.165, 1.54) is 18.2 Å². The van der Waals surface area contributed by atoms with Crippen molar-refractivity contribution in [2.75, 3.05) is 6.61 Å². The number of hydrogen-bond acceptors (Lipinski definition) is 2. The Hall–Kier alpha value is -1.37. The van der Waals surface area contributed by atoms with Gasteiger partial charge in [-0.1, -0.05) is 24.4 Å². The molecule has 0 saturated carbocycles. The van der Waals surface area contributed by atoms with Gasteiger partial charge in [0.1, 0.15) is 10.7 Å². The van der Waals surface area contributed by atoms with Crippen LogP contribution in [0.4, 0.5) is 17.6 Å². The van der Waals surface area contributed by atoms with E-state index in [1.807, 2.05) is 0 Å². The van der Waals surface area contributed by atoms with E-state index in [0.29, 0.717) is 0 Å². The molecule has 0 atom stereocenters. The Bertz CT molecular complexity index is 411. The summed E-state index contributed by atoms with van der Waals surface area (Å²) < 4.78 is 53.7. The lowest BCUT2D eigenvalue weighted by Gasteiger charge is -2.17. The smallest absolute Gasteiger partial charge is 0.340 e. The van der Waals surface area contributed by atoms with E-state index < -0.39 is 19.0 Å². The van der Waals surface area contributed by atoms with Crippen LogP contribution in [-0.2, 0) is 0 Å². The van der Waals surface area contributed by atoms with Gasteiger partial charge in [0.25, 0.3) is 0 Å². The predicted molar refractivity (Wildman–Crippen MR) is 58.8 cm³/mol. The molecular weight excluding hydrogens is 258 g/mol. The van der Waals surface area contributed by atoms with Gasteiger partial charge in [0, 0.05) is 0 Å². The fraction of sp³-hybridized carbons (Fsp3) is 0.300. The molecule has 2 nitrogen and oxygen atoms in total. The molecule has 0 unspecified atom stereocenters. The molecule has 94 valence electrons. The minimum atomic E-state index is -4.21. The molecule has 2 N–H and O–H groups in total. The van der Waals surface area contributed by atoms with Crippen LogP contribution in [0.1, 0.15) is 5.56 Å². The van der Waals surface area contributed by atoms with E-state index in [2.05, 4.69) is 17.0 Å². The van der Waals surface area contributed by atoms with Crippen LogP contribution in [0, 0.1) is 0 Å². The zero-order valence-corrected chi connectivity index (χ0v) is 9.32. The van der Waals surface area contributed by atoms with Crippen LogP contribution in [0.25, 0.3) is 0 Å². The molecule has 17 heavy (non-hydrogen) atoms. The average Bonchev–Trinajstić information content (AvgIpc) is 2.26. The topological polar surface area (TPSA) is 35.2 Å². The molecule has 0 radical (unpaired) electrons.